The number of aliphatic hydroxyl groups excluding tert-OH is 2. The number of ketones is 1. The minimum Gasteiger partial charge on any atom is -0.459 e. The van der Waals surface area contributed by atoms with Gasteiger partial charge in [-0.3, -0.25) is 9.59 Å². The van der Waals surface area contributed by atoms with Gasteiger partial charge in [-0.25, -0.2) is 0 Å². The number of hydrogen-bond acceptors (Lipinski definition) is 5. The Bertz CT molecular complexity index is 1030. The Morgan fingerprint density at radius 3 is 2.24 bits per heavy atom. The predicted octanol–water partition coefficient (Wildman–Crippen LogP) is 5.72. The first-order valence-corrected chi connectivity index (χ1v) is 14.8. The first-order chi connectivity index (χ1) is 17.0. The van der Waals surface area contributed by atoms with Crippen LogP contribution in [0.15, 0.2) is 11.6 Å². The Balaban J connectivity index is 1.65. The number of allylic oxidation sites excluding steroid dienone is 2. The highest BCUT2D eigenvalue weighted by atomic mass is 16.6. The van der Waals surface area contributed by atoms with E-state index in [1.54, 1.807) is 0 Å². The van der Waals surface area contributed by atoms with Gasteiger partial charge in [0.25, 0.3) is 0 Å². The fourth-order valence-corrected chi connectivity index (χ4v) is 11.1. The van der Waals surface area contributed by atoms with Gasteiger partial charge in [-0.1, -0.05) is 61.0 Å². The molecular weight excluding hydrogens is 464 g/mol. The fourth-order valence-electron chi connectivity index (χ4n) is 11.1. The van der Waals surface area contributed by atoms with Crippen LogP contribution in [-0.2, 0) is 14.3 Å². The Hall–Kier alpha value is -1.20. The van der Waals surface area contributed by atoms with Crippen LogP contribution in [0.25, 0.3) is 0 Å². The summed E-state index contributed by atoms with van der Waals surface area (Å²) >= 11 is 0. The highest BCUT2D eigenvalue weighted by Gasteiger charge is 2.73. The Kier molecular flexibility index (Phi) is 6.04. The molecule has 0 aromatic heterocycles. The molecule has 4 saturated carbocycles. The lowest BCUT2D eigenvalue weighted by Gasteiger charge is -2.71. The van der Waals surface area contributed by atoms with Gasteiger partial charge in [-0.05, 0) is 84.5 Å². The third-order valence-electron chi connectivity index (χ3n) is 13.5. The molecule has 0 radical (unpaired) electrons. The van der Waals surface area contributed by atoms with E-state index in [1.165, 1.54) is 31.8 Å². The van der Waals surface area contributed by atoms with Crippen LogP contribution in [0, 0.1) is 56.7 Å². The summed E-state index contributed by atoms with van der Waals surface area (Å²) in [7, 11) is 0. The molecule has 0 bridgehead atoms. The van der Waals surface area contributed by atoms with Gasteiger partial charge in [-0.15, -0.1) is 0 Å². The molecule has 2 N–H and O–H groups in total. The van der Waals surface area contributed by atoms with Crippen molar-refractivity contribution in [3.63, 3.8) is 0 Å². The van der Waals surface area contributed by atoms with Gasteiger partial charge in [-0.2, -0.15) is 0 Å². The summed E-state index contributed by atoms with van der Waals surface area (Å²) < 4.78 is 5.62. The van der Waals surface area contributed by atoms with Gasteiger partial charge >= 0.3 is 5.97 Å². The maximum atomic E-state index is 14.4. The van der Waals surface area contributed by atoms with Gasteiger partial charge in [0.05, 0.1) is 6.10 Å². The Labute approximate surface area is 223 Å². The molecule has 0 aromatic rings. The molecule has 0 saturated heterocycles. The first kappa shape index (κ1) is 27.4. The first-order valence-electron chi connectivity index (χ1n) is 14.8. The zero-order valence-corrected chi connectivity index (χ0v) is 24.6. The third kappa shape index (κ3) is 3.28. The van der Waals surface area contributed by atoms with Crippen LogP contribution in [0.1, 0.15) is 101 Å². The third-order valence-corrected chi connectivity index (χ3v) is 13.5. The van der Waals surface area contributed by atoms with E-state index < -0.39 is 41.0 Å². The maximum Gasteiger partial charge on any atom is 0.303 e. The zero-order valence-electron chi connectivity index (χ0n) is 24.6. The van der Waals surface area contributed by atoms with E-state index in [1.807, 2.05) is 26.8 Å². The maximum absolute atomic E-state index is 14.4. The molecular formula is C32H50O5. The minimum atomic E-state index is -1.23. The standard InChI is InChI=1S/C32H50O5/c1-17-10-12-29(6)14-15-30(7)20(23(29)18(17)2)16-21(34)25-31(30,8)13-11-22-28(4,5)27(37-19(3)33)24(35)26(36)32(22,25)9/h16-18,22-27,35-36H,10-15H2,1-9H3/t17-,18+,22+,23+,24-,25+,26-,27+,29-,30-,31-,32+/m1/s1. The van der Waals surface area contributed by atoms with Crippen molar-refractivity contribution in [2.75, 3.05) is 0 Å². The summed E-state index contributed by atoms with van der Waals surface area (Å²) in [5.41, 5.74) is -0.232. The van der Waals surface area contributed by atoms with Gasteiger partial charge in [0.1, 0.15) is 12.2 Å². The molecule has 0 unspecified atom stereocenters. The Morgan fingerprint density at radius 1 is 0.973 bits per heavy atom. The summed E-state index contributed by atoms with van der Waals surface area (Å²) in [6, 6.07) is 0. The lowest BCUT2D eigenvalue weighted by atomic mass is 9.32. The summed E-state index contributed by atoms with van der Waals surface area (Å²) in [5.74, 6) is 0.808. The van der Waals surface area contributed by atoms with Gasteiger partial charge < -0.3 is 14.9 Å². The van der Waals surface area contributed by atoms with Crippen LogP contribution in [-0.4, -0.2) is 40.3 Å². The van der Waals surface area contributed by atoms with Gasteiger partial charge in [0.2, 0.25) is 0 Å². The van der Waals surface area contributed by atoms with E-state index in [2.05, 4.69) is 34.6 Å². The van der Waals surface area contributed by atoms with Gasteiger partial charge in [0, 0.05) is 23.7 Å². The summed E-state index contributed by atoms with van der Waals surface area (Å²) in [4.78, 5) is 26.4. The monoisotopic (exact) mass is 514 g/mol. The predicted molar refractivity (Wildman–Crippen MR) is 143 cm³/mol. The number of esters is 1. The van der Waals surface area contributed by atoms with E-state index in [0.29, 0.717) is 17.8 Å². The van der Waals surface area contributed by atoms with E-state index in [-0.39, 0.29) is 27.9 Å². The van der Waals surface area contributed by atoms with Crippen LogP contribution < -0.4 is 0 Å². The van der Waals surface area contributed by atoms with Crippen molar-refractivity contribution >= 4 is 11.8 Å². The molecule has 5 aliphatic rings. The molecule has 5 aliphatic carbocycles. The number of fused-ring (bicyclic) bond motifs is 7. The van der Waals surface area contributed by atoms with E-state index in [9.17, 15) is 19.8 Å². The van der Waals surface area contributed by atoms with Gasteiger partial charge in [0.15, 0.2) is 5.78 Å². The zero-order chi connectivity index (χ0) is 27.5. The molecule has 208 valence electrons. The van der Waals surface area contributed by atoms with Crippen LogP contribution in [0.4, 0.5) is 0 Å². The highest BCUT2D eigenvalue weighted by Crippen LogP contribution is 2.75. The topological polar surface area (TPSA) is 83.8 Å². The van der Waals surface area contributed by atoms with Crippen LogP contribution >= 0.6 is 0 Å². The quantitative estimate of drug-likeness (QED) is 0.438. The van der Waals surface area contributed by atoms with E-state index in [4.69, 9.17) is 4.74 Å². The Morgan fingerprint density at radius 2 is 1.62 bits per heavy atom. The number of ether oxygens (including phenoxy) is 1. The van der Waals surface area contributed by atoms with Crippen molar-refractivity contribution in [2.45, 2.75) is 119 Å². The van der Waals surface area contributed by atoms with Crippen LogP contribution in [0.3, 0.4) is 0 Å². The number of hydrogen-bond donors (Lipinski definition) is 2. The van der Waals surface area contributed by atoms with Crippen molar-refractivity contribution in [1.82, 2.24) is 0 Å². The molecule has 4 fully saturated rings. The molecule has 0 aromatic carbocycles. The second-order valence-corrected chi connectivity index (χ2v) is 15.4. The van der Waals surface area contributed by atoms with Crippen molar-refractivity contribution < 1.29 is 24.5 Å². The molecule has 0 heterocycles. The van der Waals surface area contributed by atoms with Crippen molar-refractivity contribution in [1.29, 1.82) is 0 Å². The van der Waals surface area contributed by atoms with Crippen molar-refractivity contribution in [2.24, 2.45) is 56.7 Å². The van der Waals surface area contributed by atoms with Crippen molar-refractivity contribution in [3.05, 3.63) is 11.6 Å². The molecule has 12 atom stereocenters. The average Bonchev–Trinajstić information content (AvgIpc) is 2.79. The number of carbonyl (C=O) groups excluding carboxylic acids is 2. The smallest absolute Gasteiger partial charge is 0.303 e. The normalized spacial score (nSPS) is 54.7. The SMILES string of the molecule is CC(=O)O[C@H]1[C@H](O)[C@@H](O)[C@]2(C)[C@H]3C(=O)C=C4[C@@H]5[C@@H](C)[C@H](C)CC[C@]5(C)CC[C@@]4(C)[C@]3(C)CC[C@H]2C1(C)C. The number of rotatable bonds is 1. The molecule has 0 aliphatic heterocycles. The van der Waals surface area contributed by atoms with Crippen LogP contribution in [0.5, 0.6) is 0 Å². The van der Waals surface area contributed by atoms with Crippen LogP contribution in [0.2, 0.25) is 0 Å². The molecule has 5 rings (SSSR count). The minimum absolute atomic E-state index is 0.0641. The lowest BCUT2D eigenvalue weighted by molar-refractivity contribution is -0.276. The number of aliphatic hydroxyl groups is 2. The average molecular weight is 515 g/mol. The lowest BCUT2D eigenvalue weighted by Crippen LogP contribution is -2.73. The van der Waals surface area contributed by atoms with E-state index in [0.717, 1.165) is 19.3 Å². The molecule has 0 spiro atoms. The second-order valence-electron chi connectivity index (χ2n) is 15.4. The van der Waals surface area contributed by atoms with Crippen molar-refractivity contribution in [3.8, 4) is 0 Å². The molecule has 0 amide bonds. The molecule has 5 nitrogen and oxygen atoms in total. The summed E-state index contributed by atoms with van der Waals surface area (Å²) in [6.45, 7) is 19.4. The molecule has 37 heavy (non-hydrogen) atoms. The fraction of sp³-hybridized carbons (Fsp3) is 0.875. The number of carbonyl (C=O) groups is 2. The summed E-state index contributed by atoms with van der Waals surface area (Å²) in [5, 5.41) is 23.2. The van der Waals surface area contributed by atoms with E-state index >= 15 is 0 Å². The second kappa shape index (κ2) is 8.16. The summed E-state index contributed by atoms with van der Waals surface area (Å²) in [6.07, 6.45) is 5.27. The largest absolute Gasteiger partial charge is 0.459 e. The molecule has 5 heteroatoms. The highest BCUT2D eigenvalue weighted by molar-refractivity contribution is 5.95.